The summed E-state index contributed by atoms with van der Waals surface area (Å²) >= 11 is 0. The Bertz CT molecular complexity index is 298. The van der Waals surface area contributed by atoms with Gasteiger partial charge in [-0.2, -0.15) is 0 Å². The maximum atomic E-state index is 9.57. The van der Waals surface area contributed by atoms with Gasteiger partial charge < -0.3 is 14.6 Å². The summed E-state index contributed by atoms with van der Waals surface area (Å²) in [5.41, 5.74) is 1.03. The van der Waals surface area contributed by atoms with Crippen LogP contribution in [0.15, 0.2) is 24.3 Å². The minimum absolute atomic E-state index is 0.533. The average Bonchev–Trinajstić information content (AvgIpc) is 2.17. The lowest BCUT2D eigenvalue weighted by atomic mass is 10.0. The third-order valence-electron chi connectivity index (χ3n) is 2.19. The number of methoxy groups -OCH3 is 1. The van der Waals surface area contributed by atoms with Gasteiger partial charge in [0.1, 0.15) is 11.9 Å². The summed E-state index contributed by atoms with van der Waals surface area (Å²) in [6.07, 6.45) is -0.510. The number of benzene rings is 1. The van der Waals surface area contributed by atoms with E-state index in [0.29, 0.717) is 6.42 Å². The molecule has 3 nitrogen and oxygen atoms in total. The number of ether oxygens (including phenoxy) is 2. The van der Waals surface area contributed by atoms with Crippen LogP contribution in [0.25, 0.3) is 0 Å². The van der Waals surface area contributed by atoms with Crippen molar-refractivity contribution in [1.29, 1.82) is 0 Å². The van der Waals surface area contributed by atoms with Crippen molar-refractivity contribution in [1.82, 2.24) is 0 Å². The van der Waals surface area contributed by atoms with E-state index < -0.39 is 12.4 Å². The van der Waals surface area contributed by atoms with Crippen molar-refractivity contribution in [2.45, 2.75) is 18.8 Å². The lowest BCUT2D eigenvalue weighted by molar-refractivity contribution is -0.135. The van der Waals surface area contributed by atoms with E-state index in [-0.39, 0.29) is 0 Å². The molecule has 1 aromatic rings. The molecule has 1 aromatic carbocycles. The summed E-state index contributed by atoms with van der Waals surface area (Å²) in [6, 6.07) is 7.67. The zero-order chi connectivity index (χ0) is 9.26. The van der Waals surface area contributed by atoms with E-state index in [0.717, 1.165) is 11.3 Å². The fraction of sp³-hybridized carbons (Fsp3) is 0.400. The summed E-state index contributed by atoms with van der Waals surface area (Å²) in [6.45, 7) is 0. The van der Waals surface area contributed by atoms with Crippen LogP contribution in [-0.4, -0.2) is 24.6 Å². The monoisotopic (exact) mass is 180 g/mol. The molecular weight excluding hydrogens is 168 g/mol. The number of hydrogen-bond donors (Lipinski definition) is 1. The van der Waals surface area contributed by atoms with Crippen LogP contribution in [0, 0.1) is 0 Å². The summed E-state index contributed by atoms with van der Waals surface area (Å²) in [5.74, 6) is 0.805. The number of aliphatic hydroxyl groups excluding tert-OH is 1. The number of fused-ring (bicyclic) bond motifs is 1. The van der Waals surface area contributed by atoms with Crippen molar-refractivity contribution < 1.29 is 14.6 Å². The zero-order valence-electron chi connectivity index (χ0n) is 7.43. The SMILES string of the molecule is CO[C@H]1Oc2ccccc2CC1O. The van der Waals surface area contributed by atoms with Gasteiger partial charge in [0.15, 0.2) is 0 Å². The average molecular weight is 180 g/mol. The largest absolute Gasteiger partial charge is 0.462 e. The topological polar surface area (TPSA) is 38.7 Å². The second kappa shape index (κ2) is 3.36. The fourth-order valence-electron chi connectivity index (χ4n) is 1.52. The third kappa shape index (κ3) is 1.53. The van der Waals surface area contributed by atoms with E-state index in [1.165, 1.54) is 7.11 Å². The molecule has 0 radical (unpaired) electrons. The molecule has 0 fully saturated rings. The smallest absolute Gasteiger partial charge is 0.226 e. The highest BCUT2D eigenvalue weighted by atomic mass is 16.7. The van der Waals surface area contributed by atoms with Crippen molar-refractivity contribution in [2.75, 3.05) is 7.11 Å². The molecule has 0 spiro atoms. The summed E-state index contributed by atoms with van der Waals surface area (Å²) < 4.78 is 10.4. The quantitative estimate of drug-likeness (QED) is 0.699. The van der Waals surface area contributed by atoms with E-state index in [9.17, 15) is 5.11 Å². The van der Waals surface area contributed by atoms with Crippen LogP contribution in [-0.2, 0) is 11.2 Å². The molecule has 1 N–H and O–H groups in total. The highest BCUT2D eigenvalue weighted by Gasteiger charge is 2.27. The number of hydrogen-bond acceptors (Lipinski definition) is 3. The molecule has 0 aromatic heterocycles. The van der Waals surface area contributed by atoms with Gasteiger partial charge in [0.2, 0.25) is 6.29 Å². The van der Waals surface area contributed by atoms with Crippen LogP contribution in [0.1, 0.15) is 5.56 Å². The first-order valence-electron chi connectivity index (χ1n) is 4.26. The van der Waals surface area contributed by atoms with Crippen molar-refractivity contribution in [3.05, 3.63) is 29.8 Å². The van der Waals surface area contributed by atoms with Gasteiger partial charge in [0.25, 0.3) is 0 Å². The molecule has 1 aliphatic heterocycles. The van der Waals surface area contributed by atoms with Crippen molar-refractivity contribution in [3.63, 3.8) is 0 Å². The maximum absolute atomic E-state index is 9.57. The van der Waals surface area contributed by atoms with Crippen LogP contribution in [0.5, 0.6) is 5.75 Å². The van der Waals surface area contributed by atoms with Crippen molar-refractivity contribution in [3.8, 4) is 5.75 Å². The van der Waals surface area contributed by atoms with E-state index in [2.05, 4.69) is 0 Å². The van der Waals surface area contributed by atoms with Crippen LogP contribution < -0.4 is 4.74 Å². The molecule has 2 atom stereocenters. The van der Waals surface area contributed by atoms with E-state index in [1.54, 1.807) is 0 Å². The first-order chi connectivity index (χ1) is 6.31. The Morgan fingerprint density at radius 1 is 1.46 bits per heavy atom. The molecule has 3 heteroatoms. The maximum Gasteiger partial charge on any atom is 0.226 e. The van der Waals surface area contributed by atoms with E-state index in [4.69, 9.17) is 9.47 Å². The molecular formula is C10H12O3. The van der Waals surface area contributed by atoms with E-state index in [1.807, 2.05) is 24.3 Å². The van der Waals surface area contributed by atoms with E-state index >= 15 is 0 Å². The Morgan fingerprint density at radius 3 is 3.00 bits per heavy atom. The first-order valence-corrected chi connectivity index (χ1v) is 4.26. The van der Waals surface area contributed by atoms with Crippen LogP contribution in [0.4, 0.5) is 0 Å². The second-order valence-corrected chi connectivity index (χ2v) is 3.10. The van der Waals surface area contributed by atoms with Crippen LogP contribution in [0.2, 0.25) is 0 Å². The highest BCUT2D eigenvalue weighted by molar-refractivity contribution is 5.35. The van der Waals surface area contributed by atoms with Crippen molar-refractivity contribution >= 4 is 0 Å². The van der Waals surface area contributed by atoms with Crippen LogP contribution in [0.3, 0.4) is 0 Å². The Balaban J connectivity index is 2.27. The predicted molar refractivity (Wildman–Crippen MR) is 47.6 cm³/mol. The minimum Gasteiger partial charge on any atom is -0.462 e. The molecule has 2 rings (SSSR count). The van der Waals surface area contributed by atoms with Crippen LogP contribution >= 0.6 is 0 Å². The first kappa shape index (κ1) is 8.53. The number of aliphatic hydroxyl groups is 1. The molecule has 13 heavy (non-hydrogen) atoms. The Labute approximate surface area is 76.9 Å². The molecule has 70 valence electrons. The molecule has 1 aliphatic rings. The molecule has 1 unspecified atom stereocenters. The summed E-state index contributed by atoms with van der Waals surface area (Å²) in [4.78, 5) is 0. The lowest BCUT2D eigenvalue weighted by Gasteiger charge is -2.28. The number of para-hydroxylation sites is 1. The Morgan fingerprint density at radius 2 is 2.23 bits per heavy atom. The molecule has 0 aliphatic carbocycles. The van der Waals surface area contributed by atoms with Gasteiger partial charge in [0.05, 0.1) is 0 Å². The zero-order valence-corrected chi connectivity index (χ0v) is 7.43. The standard InChI is InChI=1S/C10H12O3/c1-12-10-8(11)6-7-4-2-3-5-9(7)13-10/h2-5,8,10-11H,6H2,1H3/t8?,10-/m0/s1. The van der Waals surface area contributed by atoms with Gasteiger partial charge in [-0.3, -0.25) is 0 Å². The number of rotatable bonds is 1. The fourth-order valence-corrected chi connectivity index (χ4v) is 1.52. The molecule has 1 heterocycles. The molecule has 0 saturated heterocycles. The third-order valence-corrected chi connectivity index (χ3v) is 2.19. The van der Waals surface area contributed by atoms with Gasteiger partial charge in [-0.05, 0) is 11.6 Å². The van der Waals surface area contributed by atoms with Gasteiger partial charge in [-0.1, -0.05) is 18.2 Å². The van der Waals surface area contributed by atoms with Crippen molar-refractivity contribution in [2.24, 2.45) is 0 Å². The lowest BCUT2D eigenvalue weighted by Crippen LogP contribution is -2.38. The molecule has 0 saturated carbocycles. The molecule has 0 bridgehead atoms. The Hall–Kier alpha value is -1.06. The predicted octanol–water partition coefficient (Wildman–Crippen LogP) is 0.955. The highest BCUT2D eigenvalue weighted by Crippen LogP contribution is 2.27. The van der Waals surface area contributed by atoms with Gasteiger partial charge in [-0.25, -0.2) is 0 Å². The van der Waals surface area contributed by atoms with Gasteiger partial charge >= 0.3 is 0 Å². The Kier molecular flexibility index (Phi) is 2.20. The summed E-state index contributed by atoms with van der Waals surface area (Å²) in [5, 5.41) is 9.57. The second-order valence-electron chi connectivity index (χ2n) is 3.10. The van der Waals surface area contributed by atoms with Gasteiger partial charge in [0, 0.05) is 13.5 Å². The minimum atomic E-state index is -0.570. The normalized spacial score (nSPS) is 26.3. The molecule has 0 amide bonds. The summed E-state index contributed by atoms with van der Waals surface area (Å²) in [7, 11) is 1.53. The van der Waals surface area contributed by atoms with Gasteiger partial charge in [-0.15, -0.1) is 0 Å².